The number of nitrogens with one attached hydrogen (secondary N) is 2. The molecule has 1 aliphatic heterocycles. The lowest BCUT2D eigenvalue weighted by Crippen LogP contribution is -2.46. The number of nitrogens with zero attached hydrogens (tertiary/aromatic N) is 1. The van der Waals surface area contributed by atoms with Crippen molar-refractivity contribution in [2.75, 3.05) is 19.7 Å². The van der Waals surface area contributed by atoms with Crippen LogP contribution in [0.15, 0.2) is 24.3 Å². The molecule has 26 heavy (non-hydrogen) atoms. The van der Waals surface area contributed by atoms with E-state index >= 15 is 0 Å². The standard InChI is InChI=1S/C19H27N3O4/c1-3-20-19(26)16-11-15(21-17(24)8-9-23)12-22(16)18(25)10-14-6-4-13(2)5-7-14/h4-7,15-16,23H,3,8-12H2,1-2H3,(H,20,26)(H,21,24). The molecule has 0 aliphatic carbocycles. The molecule has 1 fully saturated rings. The lowest BCUT2D eigenvalue weighted by atomic mass is 10.1. The third-order valence-corrected chi connectivity index (χ3v) is 4.46. The number of benzene rings is 1. The summed E-state index contributed by atoms with van der Waals surface area (Å²) in [7, 11) is 0. The Morgan fingerprint density at radius 2 is 1.92 bits per heavy atom. The van der Waals surface area contributed by atoms with Crippen molar-refractivity contribution in [2.24, 2.45) is 0 Å². The number of aliphatic hydroxyl groups is 1. The number of likely N-dealkylation sites (N-methyl/N-ethyl adjacent to an activating group) is 1. The molecule has 2 unspecified atom stereocenters. The van der Waals surface area contributed by atoms with Gasteiger partial charge in [0.15, 0.2) is 0 Å². The Morgan fingerprint density at radius 3 is 2.54 bits per heavy atom. The van der Waals surface area contributed by atoms with Crippen LogP contribution in [0.5, 0.6) is 0 Å². The fraction of sp³-hybridized carbons (Fsp3) is 0.526. The minimum atomic E-state index is -0.590. The van der Waals surface area contributed by atoms with E-state index in [4.69, 9.17) is 5.11 Å². The number of carbonyl (C=O) groups excluding carboxylic acids is 3. The van der Waals surface area contributed by atoms with Crippen LogP contribution in [-0.4, -0.2) is 59.5 Å². The van der Waals surface area contributed by atoms with Crippen molar-refractivity contribution in [3.05, 3.63) is 35.4 Å². The quantitative estimate of drug-likeness (QED) is 0.643. The zero-order chi connectivity index (χ0) is 19.1. The van der Waals surface area contributed by atoms with E-state index in [9.17, 15) is 14.4 Å². The highest BCUT2D eigenvalue weighted by molar-refractivity contribution is 5.89. The maximum atomic E-state index is 12.8. The molecule has 2 rings (SSSR count). The minimum Gasteiger partial charge on any atom is -0.396 e. The molecule has 7 heteroatoms. The van der Waals surface area contributed by atoms with Crippen LogP contribution in [-0.2, 0) is 20.8 Å². The molecule has 3 N–H and O–H groups in total. The second-order valence-corrected chi connectivity index (χ2v) is 6.59. The van der Waals surface area contributed by atoms with Gasteiger partial charge in [0.05, 0.1) is 13.0 Å². The normalized spacial score (nSPS) is 19.3. The van der Waals surface area contributed by atoms with E-state index < -0.39 is 6.04 Å². The summed E-state index contributed by atoms with van der Waals surface area (Å²) in [6.07, 6.45) is 0.607. The Labute approximate surface area is 153 Å². The first kappa shape index (κ1) is 19.9. The van der Waals surface area contributed by atoms with Crippen LogP contribution in [0.3, 0.4) is 0 Å². The monoisotopic (exact) mass is 361 g/mol. The number of amides is 3. The SMILES string of the molecule is CCNC(=O)C1CC(NC(=O)CCO)CN1C(=O)Cc1ccc(C)cc1. The van der Waals surface area contributed by atoms with E-state index in [2.05, 4.69) is 10.6 Å². The van der Waals surface area contributed by atoms with E-state index in [0.29, 0.717) is 19.5 Å². The van der Waals surface area contributed by atoms with Gasteiger partial charge in [-0.3, -0.25) is 14.4 Å². The van der Waals surface area contributed by atoms with Crippen molar-refractivity contribution in [3.63, 3.8) is 0 Å². The molecule has 0 radical (unpaired) electrons. The van der Waals surface area contributed by atoms with Gasteiger partial charge in [0.25, 0.3) is 0 Å². The van der Waals surface area contributed by atoms with Gasteiger partial charge in [-0.2, -0.15) is 0 Å². The van der Waals surface area contributed by atoms with Crippen molar-refractivity contribution in [1.82, 2.24) is 15.5 Å². The molecule has 142 valence electrons. The van der Waals surface area contributed by atoms with Crippen LogP contribution in [0.1, 0.15) is 30.9 Å². The highest BCUT2D eigenvalue weighted by Gasteiger charge is 2.39. The molecule has 1 aromatic rings. The van der Waals surface area contributed by atoms with Crippen LogP contribution >= 0.6 is 0 Å². The summed E-state index contributed by atoms with van der Waals surface area (Å²) in [4.78, 5) is 38.4. The fourth-order valence-electron chi connectivity index (χ4n) is 3.14. The van der Waals surface area contributed by atoms with Gasteiger partial charge in [0, 0.05) is 25.6 Å². The third kappa shape index (κ3) is 5.29. The maximum absolute atomic E-state index is 12.8. The number of hydrogen-bond donors (Lipinski definition) is 3. The van der Waals surface area contributed by atoms with Crippen molar-refractivity contribution >= 4 is 17.7 Å². The second kappa shape index (κ2) is 9.33. The first-order valence-corrected chi connectivity index (χ1v) is 8.97. The molecule has 1 saturated heterocycles. The highest BCUT2D eigenvalue weighted by atomic mass is 16.3. The molecule has 1 aliphatic rings. The minimum absolute atomic E-state index is 0.0135. The topological polar surface area (TPSA) is 98.7 Å². The molecule has 0 saturated carbocycles. The molecule has 1 heterocycles. The predicted octanol–water partition coefficient (Wildman–Crippen LogP) is 0.142. The van der Waals surface area contributed by atoms with Gasteiger partial charge in [0.2, 0.25) is 17.7 Å². The van der Waals surface area contributed by atoms with Crippen molar-refractivity contribution < 1.29 is 19.5 Å². The van der Waals surface area contributed by atoms with Crippen LogP contribution in [0.25, 0.3) is 0 Å². The van der Waals surface area contributed by atoms with Crippen molar-refractivity contribution in [3.8, 4) is 0 Å². The van der Waals surface area contributed by atoms with Crippen molar-refractivity contribution in [1.29, 1.82) is 0 Å². The van der Waals surface area contributed by atoms with Gasteiger partial charge >= 0.3 is 0 Å². The third-order valence-electron chi connectivity index (χ3n) is 4.46. The van der Waals surface area contributed by atoms with E-state index in [0.717, 1.165) is 11.1 Å². The number of aliphatic hydroxyl groups excluding tert-OH is 1. The van der Waals surface area contributed by atoms with Crippen LogP contribution in [0.2, 0.25) is 0 Å². The van der Waals surface area contributed by atoms with Gasteiger partial charge in [-0.15, -0.1) is 0 Å². The summed E-state index contributed by atoms with van der Waals surface area (Å²) in [5.41, 5.74) is 2.01. The summed E-state index contributed by atoms with van der Waals surface area (Å²) in [5.74, 6) is -0.618. The Morgan fingerprint density at radius 1 is 1.23 bits per heavy atom. The van der Waals surface area contributed by atoms with Gasteiger partial charge in [0.1, 0.15) is 6.04 Å². The van der Waals surface area contributed by atoms with Gasteiger partial charge in [-0.05, 0) is 25.8 Å². The predicted molar refractivity (Wildman–Crippen MR) is 97.3 cm³/mol. The number of likely N-dealkylation sites (tertiary alicyclic amines) is 1. The highest BCUT2D eigenvalue weighted by Crippen LogP contribution is 2.20. The van der Waals surface area contributed by atoms with Crippen LogP contribution in [0.4, 0.5) is 0 Å². The smallest absolute Gasteiger partial charge is 0.242 e. The summed E-state index contributed by atoms with van der Waals surface area (Å²) in [6.45, 7) is 4.36. The Balaban J connectivity index is 2.07. The van der Waals surface area contributed by atoms with Gasteiger partial charge in [-0.1, -0.05) is 29.8 Å². The summed E-state index contributed by atoms with van der Waals surface area (Å²) < 4.78 is 0. The molecule has 0 spiro atoms. The largest absolute Gasteiger partial charge is 0.396 e. The Kier molecular flexibility index (Phi) is 7.15. The molecule has 0 aromatic heterocycles. The number of hydrogen-bond acceptors (Lipinski definition) is 4. The van der Waals surface area contributed by atoms with E-state index in [1.54, 1.807) is 4.90 Å². The van der Waals surface area contributed by atoms with Crippen molar-refractivity contribution in [2.45, 2.75) is 45.2 Å². The van der Waals surface area contributed by atoms with Gasteiger partial charge in [-0.25, -0.2) is 0 Å². The fourth-order valence-corrected chi connectivity index (χ4v) is 3.14. The van der Waals surface area contributed by atoms with E-state index in [1.165, 1.54) is 0 Å². The Hall–Kier alpha value is -2.41. The first-order chi connectivity index (χ1) is 12.4. The summed E-state index contributed by atoms with van der Waals surface area (Å²) in [5, 5.41) is 14.4. The zero-order valence-electron chi connectivity index (χ0n) is 15.3. The number of carbonyl (C=O) groups is 3. The molecule has 0 bridgehead atoms. The average Bonchev–Trinajstić information content (AvgIpc) is 3.01. The molecule has 3 amide bonds. The summed E-state index contributed by atoms with van der Waals surface area (Å²) >= 11 is 0. The molecule has 1 aromatic carbocycles. The first-order valence-electron chi connectivity index (χ1n) is 8.97. The maximum Gasteiger partial charge on any atom is 0.242 e. The number of aryl methyl sites for hydroxylation is 1. The number of rotatable bonds is 7. The molecule has 2 atom stereocenters. The van der Waals surface area contributed by atoms with E-state index in [1.807, 2.05) is 38.1 Å². The zero-order valence-corrected chi connectivity index (χ0v) is 15.3. The van der Waals surface area contributed by atoms with Crippen LogP contribution < -0.4 is 10.6 Å². The van der Waals surface area contributed by atoms with E-state index in [-0.39, 0.29) is 43.2 Å². The lowest BCUT2D eigenvalue weighted by Gasteiger charge is -2.23. The molecular formula is C19H27N3O4. The average molecular weight is 361 g/mol. The van der Waals surface area contributed by atoms with Gasteiger partial charge < -0.3 is 20.6 Å². The molecule has 7 nitrogen and oxygen atoms in total. The summed E-state index contributed by atoms with van der Waals surface area (Å²) in [6, 6.07) is 6.84. The molecular weight excluding hydrogens is 334 g/mol. The Bertz CT molecular complexity index is 645. The lowest BCUT2D eigenvalue weighted by molar-refractivity contribution is -0.137. The second-order valence-electron chi connectivity index (χ2n) is 6.59. The van der Waals surface area contributed by atoms with Crippen LogP contribution in [0, 0.1) is 6.92 Å².